The van der Waals surface area contributed by atoms with Crippen molar-refractivity contribution in [3.8, 4) is 12.3 Å². The molecule has 14 heavy (non-hydrogen) atoms. The van der Waals surface area contributed by atoms with Gasteiger partial charge in [-0.25, -0.2) is 0 Å². The maximum Gasteiger partial charge on any atom is 0.221 e. The molecule has 0 bridgehead atoms. The van der Waals surface area contributed by atoms with Crippen LogP contribution in [0, 0.1) is 12.3 Å². The standard InChI is InChI=1S/C10H16O4/c1-6-8-7-13-9(2,11-4)10(3,12-5)14-8/h1,8H,7H2,2-5H3/t8-,9?,10?/m0/s1. The molecule has 0 aromatic rings. The highest BCUT2D eigenvalue weighted by Gasteiger charge is 2.53. The second-order valence-corrected chi connectivity index (χ2v) is 3.38. The average Bonchev–Trinajstić information content (AvgIpc) is 2.22. The van der Waals surface area contributed by atoms with Crippen LogP contribution in [0.1, 0.15) is 13.8 Å². The van der Waals surface area contributed by atoms with Gasteiger partial charge >= 0.3 is 0 Å². The van der Waals surface area contributed by atoms with Crippen molar-refractivity contribution in [1.82, 2.24) is 0 Å². The zero-order chi connectivity index (χ0) is 10.8. The van der Waals surface area contributed by atoms with E-state index in [-0.39, 0.29) is 0 Å². The molecule has 1 saturated heterocycles. The van der Waals surface area contributed by atoms with Crippen LogP contribution in [-0.4, -0.2) is 38.5 Å². The fraction of sp³-hybridized carbons (Fsp3) is 0.800. The van der Waals surface area contributed by atoms with Crippen molar-refractivity contribution in [3.63, 3.8) is 0 Å². The molecular formula is C10H16O4. The minimum Gasteiger partial charge on any atom is -0.349 e. The van der Waals surface area contributed by atoms with Crippen LogP contribution in [0.25, 0.3) is 0 Å². The Hall–Kier alpha value is -0.600. The molecule has 2 unspecified atom stereocenters. The van der Waals surface area contributed by atoms with Crippen molar-refractivity contribution in [3.05, 3.63) is 0 Å². The van der Waals surface area contributed by atoms with Gasteiger partial charge in [-0.3, -0.25) is 0 Å². The van der Waals surface area contributed by atoms with Gasteiger partial charge in [-0.05, 0) is 13.8 Å². The topological polar surface area (TPSA) is 36.9 Å². The summed E-state index contributed by atoms with van der Waals surface area (Å²) in [5, 5.41) is 0. The number of hydrogen-bond donors (Lipinski definition) is 0. The molecule has 0 spiro atoms. The third-order valence-corrected chi connectivity index (χ3v) is 2.67. The number of hydrogen-bond acceptors (Lipinski definition) is 4. The number of terminal acetylenes is 1. The van der Waals surface area contributed by atoms with Crippen LogP contribution < -0.4 is 0 Å². The van der Waals surface area contributed by atoms with Gasteiger partial charge in [-0.15, -0.1) is 6.42 Å². The highest BCUT2D eigenvalue weighted by molar-refractivity contribution is 5.00. The number of methoxy groups -OCH3 is 2. The van der Waals surface area contributed by atoms with Crippen LogP contribution in [0.5, 0.6) is 0 Å². The second kappa shape index (κ2) is 3.87. The Morgan fingerprint density at radius 2 is 1.86 bits per heavy atom. The SMILES string of the molecule is C#C[C@H]1COC(C)(OC)C(C)(OC)O1. The van der Waals surface area contributed by atoms with Gasteiger partial charge in [0.15, 0.2) is 0 Å². The molecule has 0 aliphatic carbocycles. The summed E-state index contributed by atoms with van der Waals surface area (Å²) in [5.74, 6) is 0.548. The second-order valence-electron chi connectivity index (χ2n) is 3.38. The predicted molar refractivity (Wildman–Crippen MR) is 50.5 cm³/mol. The van der Waals surface area contributed by atoms with Gasteiger partial charge in [0.25, 0.3) is 0 Å². The lowest BCUT2D eigenvalue weighted by molar-refractivity contribution is -0.424. The first kappa shape index (κ1) is 11.5. The van der Waals surface area contributed by atoms with E-state index in [2.05, 4.69) is 5.92 Å². The Bertz CT molecular complexity index is 247. The molecule has 1 rings (SSSR count). The number of ether oxygens (including phenoxy) is 4. The van der Waals surface area contributed by atoms with Crippen molar-refractivity contribution in [2.75, 3.05) is 20.8 Å². The molecule has 4 nitrogen and oxygen atoms in total. The highest BCUT2D eigenvalue weighted by atomic mass is 16.8. The molecule has 80 valence electrons. The molecule has 0 saturated carbocycles. The van der Waals surface area contributed by atoms with E-state index in [0.29, 0.717) is 6.61 Å². The molecular weight excluding hydrogens is 184 g/mol. The molecule has 1 fully saturated rings. The van der Waals surface area contributed by atoms with Crippen molar-refractivity contribution >= 4 is 0 Å². The molecule has 4 heteroatoms. The Labute approximate surface area is 84.5 Å². The van der Waals surface area contributed by atoms with E-state index >= 15 is 0 Å². The van der Waals surface area contributed by atoms with Crippen LogP contribution in [-0.2, 0) is 18.9 Å². The molecule has 0 N–H and O–H groups in total. The fourth-order valence-corrected chi connectivity index (χ4v) is 1.34. The monoisotopic (exact) mass is 200 g/mol. The predicted octanol–water partition coefficient (Wildman–Crippen LogP) is 0.760. The molecule has 1 aliphatic heterocycles. The van der Waals surface area contributed by atoms with Crippen molar-refractivity contribution in [2.24, 2.45) is 0 Å². The van der Waals surface area contributed by atoms with Crippen molar-refractivity contribution in [1.29, 1.82) is 0 Å². The highest BCUT2D eigenvalue weighted by Crippen LogP contribution is 2.36. The quantitative estimate of drug-likeness (QED) is 0.617. The Morgan fingerprint density at radius 3 is 2.29 bits per heavy atom. The summed E-state index contributed by atoms with van der Waals surface area (Å²) in [6, 6.07) is 0. The lowest BCUT2D eigenvalue weighted by Gasteiger charge is -2.47. The largest absolute Gasteiger partial charge is 0.349 e. The van der Waals surface area contributed by atoms with Crippen molar-refractivity contribution < 1.29 is 18.9 Å². The minimum atomic E-state index is -0.989. The molecule has 3 atom stereocenters. The molecule has 0 radical (unpaired) electrons. The summed E-state index contributed by atoms with van der Waals surface area (Å²) in [4.78, 5) is 0. The van der Waals surface area contributed by atoms with E-state index < -0.39 is 17.7 Å². The smallest absolute Gasteiger partial charge is 0.221 e. The van der Waals surface area contributed by atoms with Crippen LogP contribution in [0.2, 0.25) is 0 Å². The average molecular weight is 200 g/mol. The third-order valence-electron chi connectivity index (χ3n) is 2.67. The normalized spacial score (nSPS) is 43.2. The minimum absolute atomic E-state index is 0.305. The molecule has 1 heterocycles. The summed E-state index contributed by atoms with van der Waals surface area (Å²) >= 11 is 0. The first-order valence-corrected chi connectivity index (χ1v) is 4.39. The molecule has 0 aromatic carbocycles. The van der Waals surface area contributed by atoms with E-state index in [4.69, 9.17) is 25.4 Å². The Morgan fingerprint density at radius 1 is 1.29 bits per heavy atom. The zero-order valence-electron chi connectivity index (χ0n) is 8.99. The zero-order valence-corrected chi connectivity index (χ0v) is 8.99. The lowest BCUT2D eigenvalue weighted by atomic mass is 10.1. The van der Waals surface area contributed by atoms with E-state index in [0.717, 1.165) is 0 Å². The van der Waals surface area contributed by atoms with Gasteiger partial charge in [0.05, 0.1) is 6.61 Å². The van der Waals surface area contributed by atoms with Crippen LogP contribution in [0.15, 0.2) is 0 Å². The summed E-state index contributed by atoms with van der Waals surface area (Å²) in [7, 11) is 3.07. The van der Waals surface area contributed by atoms with Crippen LogP contribution in [0.4, 0.5) is 0 Å². The maximum absolute atomic E-state index is 5.57. The third kappa shape index (κ3) is 1.64. The van der Waals surface area contributed by atoms with E-state index in [1.54, 1.807) is 13.8 Å². The Kier molecular flexibility index (Phi) is 3.17. The fourth-order valence-electron chi connectivity index (χ4n) is 1.34. The van der Waals surface area contributed by atoms with Crippen LogP contribution >= 0.6 is 0 Å². The van der Waals surface area contributed by atoms with Gasteiger partial charge < -0.3 is 18.9 Å². The summed E-state index contributed by atoms with van der Waals surface area (Å²) in [5.41, 5.74) is 0. The van der Waals surface area contributed by atoms with Crippen LogP contribution in [0.3, 0.4) is 0 Å². The van der Waals surface area contributed by atoms with Gasteiger partial charge in [0.1, 0.15) is 6.10 Å². The summed E-state index contributed by atoms with van der Waals surface area (Å²) in [6.45, 7) is 3.79. The van der Waals surface area contributed by atoms with E-state index in [1.807, 2.05) is 0 Å². The van der Waals surface area contributed by atoms with E-state index in [1.165, 1.54) is 14.2 Å². The first-order chi connectivity index (χ1) is 6.51. The van der Waals surface area contributed by atoms with Gasteiger partial charge in [0.2, 0.25) is 11.6 Å². The molecule has 0 aromatic heterocycles. The molecule has 1 aliphatic rings. The van der Waals surface area contributed by atoms with Gasteiger partial charge in [-0.1, -0.05) is 5.92 Å². The van der Waals surface area contributed by atoms with Gasteiger partial charge in [-0.2, -0.15) is 0 Å². The Balaban J connectivity index is 2.88. The first-order valence-electron chi connectivity index (χ1n) is 4.39. The summed E-state index contributed by atoms with van der Waals surface area (Å²) in [6.07, 6.45) is 4.86. The van der Waals surface area contributed by atoms with E-state index in [9.17, 15) is 0 Å². The molecule has 0 amide bonds. The summed E-state index contributed by atoms with van der Waals surface area (Å²) < 4.78 is 21.6. The maximum atomic E-state index is 5.57. The van der Waals surface area contributed by atoms with Gasteiger partial charge in [0, 0.05) is 14.2 Å². The van der Waals surface area contributed by atoms with Crippen molar-refractivity contribution in [2.45, 2.75) is 31.5 Å². The lowest BCUT2D eigenvalue weighted by Crippen LogP contribution is -2.62. The number of rotatable bonds is 2.